The molecular weight excluding hydrogens is 248 g/mol. The number of aryl methyl sites for hydroxylation is 1. The van der Waals surface area contributed by atoms with Crippen LogP contribution in [-0.2, 0) is 21.7 Å². The number of hydrogen-bond acceptors (Lipinski definition) is 2. The molecule has 0 unspecified atom stereocenters. The predicted octanol–water partition coefficient (Wildman–Crippen LogP) is 4.13. The van der Waals surface area contributed by atoms with Crippen molar-refractivity contribution in [2.75, 3.05) is 14.2 Å². The number of hydrogen-bond donors (Lipinski definition) is 0. The molecule has 2 heteroatoms. The van der Waals surface area contributed by atoms with Crippen LogP contribution in [-0.4, -0.2) is 14.2 Å². The Morgan fingerprint density at radius 1 is 0.800 bits per heavy atom. The maximum atomic E-state index is 5.74. The molecule has 0 N–H and O–H groups in total. The normalized spacial score (nSPS) is 11.6. The van der Waals surface area contributed by atoms with Gasteiger partial charge in [0, 0.05) is 25.3 Å². The van der Waals surface area contributed by atoms with Crippen LogP contribution in [0.3, 0.4) is 0 Å². The summed E-state index contributed by atoms with van der Waals surface area (Å²) in [6.45, 7) is 2.19. The van der Waals surface area contributed by atoms with Gasteiger partial charge in [0.1, 0.15) is 0 Å². The Hall–Kier alpha value is -1.64. The highest BCUT2D eigenvalue weighted by Crippen LogP contribution is 2.33. The SMILES string of the molecule is CCCc1ccc(C(OC)(OC)c2ccccc2)cc1. The lowest BCUT2D eigenvalue weighted by Gasteiger charge is -2.32. The average Bonchev–Trinajstić information content (AvgIpc) is 2.52. The first-order valence-electron chi connectivity index (χ1n) is 7.02. The quantitative estimate of drug-likeness (QED) is 0.735. The van der Waals surface area contributed by atoms with Crippen LogP contribution in [0.4, 0.5) is 0 Å². The van der Waals surface area contributed by atoms with Gasteiger partial charge in [-0.2, -0.15) is 0 Å². The summed E-state index contributed by atoms with van der Waals surface area (Å²) in [6.07, 6.45) is 2.25. The van der Waals surface area contributed by atoms with E-state index < -0.39 is 5.79 Å². The second-order valence-corrected chi connectivity index (χ2v) is 4.84. The Kier molecular flexibility index (Phi) is 4.94. The smallest absolute Gasteiger partial charge is 0.221 e. The molecule has 0 aromatic heterocycles. The summed E-state index contributed by atoms with van der Waals surface area (Å²) >= 11 is 0. The van der Waals surface area contributed by atoms with E-state index in [-0.39, 0.29) is 0 Å². The van der Waals surface area contributed by atoms with Crippen molar-refractivity contribution >= 4 is 0 Å². The summed E-state index contributed by atoms with van der Waals surface area (Å²) in [5.74, 6) is -0.841. The Bertz CT molecular complexity index is 513. The molecule has 20 heavy (non-hydrogen) atoms. The molecule has 0 heterocycles. The standard InChI is InChI=1S/C18H22O2/c1-4-8-15-11-13-17(14-12-15)18(19-2,20-3)16-9-6-5-7-10-16/h5-7,9-14H,4,8H2,1-3H3. The molecule has 0 bridgehead atoms. The van der Waals surface area contributed by atoms with Gasteiger partial charge in [0.05, 0.1) is 0 Å². The monoisotopic (exact) mass is 270 g/mol. The second kappa shape index (κ2) is 6.69. The van der Waals surface area contributed by atoms with Gasteiger partial charge in [-0.1, -0.05) is 67.9 Å². The van der Waals surface area contributed by atoms with Crippen LogP contribution < -0.4 is 0 Å². The first-order chi connectivity index (χ1) is 9.76. The summed E-state index contributed by atoms with van der Waals surface area (Å²) in [7, 11) is 3.35. The third-order valence-corrected chi connectivity index (χ3v) is 3.60. The fourth-order valence-corrected chi connectivity index (χ4v) is 2.56. The Labute approximate surface area is 121 Å². The molecule has 0 spiro atoms. The van der Waals surface area contributed by atoms with Gasteiger partial charge < -0.3 is 9.47 Å². The van der Waals surface area contributed by atoms with Crippen molar-refractivity contribution < 1.29 is 9.47 Å². The van der Waals surface area contributed by atoms with Crippen LogP contribution in [0, 0.1) is 0 Å². The van der Waals surface area contributed by atoms with E-state index in [4.69, 9.17) is 9.47 Å². The van der Waals surface area contributed by atoms with Crippen molar-refractivity contribution in [2.45, 2.75) is 25.6 Å². The Morgan fingerprint density at radius 3 is 1.85 bits per heavy atom. The molecule has 0 saturated carbocycles. The minimum Gasteiger partial charge on any atom is -0.346 e. The number of rotatable bonds is 6. The van der Waals surface area contributed by atoms with Gasteiger partial charge in [-0.05, 0) is 12.0 Å². The summed E-state index contributed by atoms with van der Waals surface area (Å²) in [5.41, 5.74) is 3.34. The molecule has 0 aliphatic rings. The van der Waals surface area contributed by atoms with Crippen LogP contribution >= 0.6 is 0 Å². The molecule has 0 atom stereocenters. The topological polar surface area (TPSA) is 18.5 Å². The second-order valence-electron chi connectivity index (χ2n) is 4.84. The summed E-state index contributed by atoms with van der Waals surface area (Å²) in [5, 5.41) is 0. The maximum absolute atomic E-state index is 5.74. The molecule has 0 aliphatic heterocycles. The van der Waals surface area contributed by atoms with E-state index >= 15 is 0 Å². The average molecular weight is 270 g/mol. The molecule has 106 valence electrons. The molecular formula is C18H22O2. The van der Waals surface area contributed by atoms with E-state index in [1.165, 1.54) is 5.56 Å². The summed E-state index contributed by atoms with van der Waals surface area (Å²) in [4.78, 5) is 0. The molecule has 0 aliphatic carbocycles. The molecule has 0 amide bonds. The third kappa shape index (κ3) is 2.77. The third-order valence-electron chi connectivity index (χ3n) is 3.60. The highest BCUT2D eigenvalue weighted by atomic mass is 16.7. The zero-order valence-electron chi connectivity index (χ0n) is 12.4. The van der Waals surface area contributed by atoms with Gasteiger partial charge >= 0.3 is 0 Å². The summed E-state index contributed by atoms with van der Waals surface area (Å²) < 4.78 is 11.5. The lowest BCUT2D eigenvalue weighted by atomic mass is 9.95. The number of methoxy groups -OCH3 is 2. The van der Waals surface area contributed by atoms with Crippen molar-refractivity contribution in [1.82, 2.24) is 0 Å². The zero-order chi connectivity index (χ0) is 14.4. The minimum atomic E-state index is -0.841. The number of benzene rings is 2. The van der Waals surface area contributed by atoms with Crippen molar-refractivity contribution in [3.05, 3.63) is 71.3 Å². The van der Waals surface area contributed by atoms with Crippen LogP contribution in [0.1, 0.15) is 30.0 Å². The van der Waals surface area contributed by atoms with Gasteiger partial charge in [0.15, 0.2) is 0 Å². The Balaban J connectivity index is 2.42. The van der Waals surface area contributed by atoms with Crippen LogP contribution in [0.2, 0.25) is 0 Å². The highest BCUT2D eigenvalue weighted by Gasteiger charge is 2.34. The van der Waals surface area contributed by atoms with Gasteiger partial charge in [-0.15, -0.1) is 0 Å². The van der Waals surface area contributed by atoms with Gasteiger partial charge in [0.25, 0.3) is 0 Å². The van der Waals surface area contributed by atoms with Crippen molar-refractivity contribution in [3.63, 3.8) is 0 Å². The molecule has 0 fully saturated rings. The molecule has 2 aromatic carbocycles. The van der Waals surface area contributed by atoms with Gasteiger partial charge in [-0.3, -0.25) is 0 Å². The first-order valence-corrected chi connectivity index (χ1v) is 7.02. The molecule has 0 radical (unpaired) electrons. The van der Waals surface area contributed by atoms with Crippen LogP contribution in [0.15, 0.2) is 54.6 Å². The molecule has 0 saturated heterocycles. The molecule has 2 aromatic rings. The van der Waals surface area contributed by atoms with E-state index in [2.05, 4.69) is 31.2 Å². The Morgan fingerprint density at radius 2 is 1.35 bits per heavy atom. The fraction of sp³-hybridized carbons (Fsp3) is 0.333. The van der Waals surface area contributed by atoms with Crippen molar-refractivity contribution in [2.24, 2.45) is 0 Å². The van der Waals surface area contributed by atoms with E-state index in [1.807, 2.05) is 30.3 Å². The predicted molar refractivity (Wildman–Crippen MR) is 81.7 cm³/mol. The summed E-state index contributed by atoms with van der Waals surface area (Å²) in [6, 6.07) is 18.5. The lowest BCUT2D eigenvalue weighted by molar-refractivity contribution is -0.183. The van der Waals surface area contributed by atoms with Crippen LogP contribution in [0.25, 0.3) is 0 Å². The van der Waals surface area contributed by atoms with Crippen molar-refractivity contribution in [1.29, 1.82) is 0 Å². The largest absolute Gasteiger partial charge is 0.346 e. The fourth-order valence-electron chi connectivity index (χ4n) is 2.56. The highest BCUT2D eigenvalue weighted by molar-refractivity contribution is 5.35. The van der Waals surface area contributed by atoms with Crippen molar-refractivity contribution in [3.8, 4) is 0 Å². The van der Waals surface area contributed by atoms with Gasteiger partial charge in [0.2, 0.25) is 5.79 Å². The minimum absolute atomic E-state index is 0.841. The van der Waals surface area contributed by atoms with E-state index in [1.54, 1.807) is 14.2 Å². The van der Waals surface area contributed by atoms with E-state index in [0.717, 1.165) is 24.0 Å². The van der Waals surface area contributed by atoms with E-state index in [0.29, 0.717) is 0 Å². The maximum Gasteiger partial charge on any atom is 0.221 e. The van der Waals surface area contributed by atoms with Gasteiger partial charge in [-0.25, -0.2) is 0 Å². The number of ether oxygens (including phenoxy) is 2. The van der Waals surface area contributed by atoms with E-state index in [9.17, 15) is 0 Å². The van der Waals surface area contributed by atoms with Crippen LogP contribution in [0.5, 0.6) is 0 Å². The molecule has 2 rings (SSSR count). The molecule has 2 nitrogen and oxygen atoms in total. The lowest BCUT2D eigenvalue weighted by Crippen LogP contribution is -2.32. The zero-order valence-corrected chi connectivity index (χ0v) is 12.4. The first kappa shape index (κ1) is 14.8.